The number of rotatable bonds is 4. The first kappa shape index (κ1) is 16.9. The molecule has 0 radical (unpaired) electrons. The Morgan fingerprint density at radius 2 is 1.64 bits per heavy atom. The molecule has 0 spiro atoms. The van der Waals surface area contributed by atoms with E-state index >= 15 is 0 Å². The van der Waals surface area contributed by atoms with Gasteiger partial charge < -0.3 is 4.74 Å². The Bertz CT molecular complexity index is 1070. The van der Waals surface area contributed by atoms with Gasteiger partial charge >= 0.3 is 0 Å². The van der Waals surface area contributed by atoms with E-state index in [1.807, 2.05) is 18.2 Å². The largest absolute Gasteiger partial charge is 0.457 e. The molecule has 6 nitrogen and oxygen atoms in total. The van der Waals surface area contributed by atoms with Gasteiger partial charge in [-0.3, -0.25) is 4.79 Å². The van der Waals surface area contributed by atoms with Crippen LogP contribution in [0.1, 0.15) is 0 Å². The van der Waals surface area contributed by atoms with Gasteiger partial charge in [0, 0.05) is 24.9 Å². The highest BCUT2D eigenvalue weighted by Gasteiger charge is 2.11. The summed E-state index contributed by atoms with van der Waals surface area (Å²) in [5.74, 6) is 1.06. The topological polar surface area (TPSA) is 78.3 Å². The number of aryl methyl sites for hydroxylation is 1. The molecule has 128 valence electrons. The van der Waals surface area contributed by atoms with Crippen molar-refractivity contribution in [2.75, 3.05) is 6.26 Å². The summed E-state index contributed by atoms with van der Waals surface area (Å²) in [4.78, 5) is 11.7. The molecule has 0 aliphatic carbocycles. The molecule has 0 atom stereocenters. The minimum Gasteiger partial charge on any atom is -0.457 e. The smallest absolute Gasteiger partial charge is 0.266 e. The summed E-state index contributed by atoms with van der Waals surface area (Å²) in [5, 5.41) is 4.24. The molecule has 7 heteroatoms. The first-order valence-corrected chi connectivity index (χ1v) is 9.35. The lowest BCUT2D eigenvalue weighted by Gasteiger charge is -2.11. The number of hydrogen-bond acceptors (Lipinski definition) is 5. The summed E-state index contributed by atoms with van der Waals surface area (Å²) in [6.07, 6.45) is 1.16. The molecule has 25 heavy (non-hydrogen) atoms. The second-order valence-electron chi connectivity index (χ2n) is 5.52. The van der Waals surface area contributed by atoms with Gasteiger partial charge in [0.05, 0.1) is 10.6 Å². The summed E-state index contributed by atoms with van der Waals surface area (Å²) in [5.41, 5.74) is 1.13. The average Bonchev–Trinajstić information content (AvgIpc) is 2.58. The van der Waals surface area contributed by atoms with E-state index < -0.39 is 9.84 Å². The molecule has 0 bridgehead atoms. The van der Waals surface area contributed by atoms with E-state index in [4.69, 9.17) is 4.74 Å². The van der Waals surface area contributed by atoms with Crippen LogP contribution in [-0.2, 0) is 16.9 Å². The van der Waals surface area contributed by atoms with E-state index in [1.165, 1.54) is 22.9 Å². The Hall–Kier alpha value is -2.93. The number of benzene rings is 2. The van der Waals surface area contributed by atoms with Crippen molar-refractivity contribution in [1.82, 2.24) is 9.78 Å². The third kappa shape index (κ3) is 3.77. The number of aromatic nitrogens is 2. The van der Waals surface area contributed by atoms with Gasteiger partial charge in [0.1, 0.15) is 11.5 Å². The lowest BCUT2D eigenvalue weighted by molar-refractivity contribution is 0.483. The maximum atomic E-state index is 11.5. The van der Waals surface area contributed by atoms with E-state index in [0.717, 1.165) is 11.8 Å². The van der Waals surface area contributed by atoms with Crippen molar-refractivity contribution in [3.8, 4) is 22.8 Å². The summed E-state index contributed by atoms with van der Waals surface area (Å²) in [6.45, 7) is 0. The number of para-hydroxylation sites is 1. The molecule has 3 rings (SSSR count). The van der Waals surface area contributed by atoms with Crippen molar-refractivity contribution in [3.05, 3.63) is 71.0 Å². The van der Waals surface area contributed by atoms with E-state index in [-0.39, 0.29) is 10.5 Å². The molecule has 2 aromatic carbocycles. The highest BCUT2D eigenvalue weighted by atomic mass is 32.2. The van der Waals surface area contributed by atoms with Crippen molar-refractivity contribution in [2.45, 2.75) is 4.90 Å². The molecular weight excluding hydrogens is 340 g/mol. The molecule has 1 heterocycles. The third-order valence-corrected chi connectivity index (χ3v) is 4.73. The average molecular weight is 356 g/mol. The van der Waals surface area contributed by atoms with Gasteiger partial charge in [-0.25, -0.2) is 13.1 Å². The molecule has 3 aromatic rings. The Morgan fingerprint density at radius 1 is 0.960 bits per heavy atom. The molecule has 0 aliphatic rings. The molecule has 0 saturated carbocycles. The van der Waals surface area contributed by atoms with Gasteiger partial charge in [-0.1, -0.05) is 12.1 Å². The van der Waals surface area contributed by atoms with Gasteiger partial charge in [-0.2, -0.15) is 5.10 Å². The zero-order chi connectivity index (χ0) is 18.0. The van der Waals surface area contributed by atoms with Crippen LogP contribution < -0.4 is 10.3 Å². The highest BCUT2D eigenvalue weighted by molar-refractivity contribution is 7.90. The monoisotopic (exact) mass is 356 g/mol. The van der Waals surface area contributed by atoms with Crippen molar-refractivity contribution >= 4 is 9.84 Å². The molecular formula is C18H16N2O4S. The maximum Gasteiger partial charge on any atom is 0.266 e. The normalized spacial score (nSPS) is 11.3. The summed E-state index contributed by atoms with van der Waals surface area (Å²) < 4.78 is 30.2. The van der Waals surface area contributed by atoms with Gasteiger partial charge in [0.25, 0.3) is 5.56 Å². The predicted molar refractivity (Wildman–Crippen MR) is 94.5 cm³/mol. The van der Waals surface area contributed by atoms with E-state index in [1.54, 1.807) is 31.3 Å². The van der Waals surface area contributed by atoms with Crippen LogP contribution in [0.15, 0.2) is 70.4 Å². The van der Waals surface area contributed by atoms with Crippen molar-refractivity contribution < 1.29 is 13.2 Å². The number of sulfone groups is 1. The minimum absolute atomic E-state index is 0.196. The van der Waals surface area contributed by atoms with Gasteiger partial charge in [-0.15, -0.1) is 0 Å². The molecule has 0 unspecified atom stereocenters. The van der Waals surface area contributed by atoms with Crippen LogP contribution in [0.25, 0.3) is 11.3 Å². The second-order valence-corrected chi connectivity index (χ2v) is 7.54. The predicted octanol–water partition coefficient (Wildman–Crippen LogP) is 2.64. The Morgan fingerprint density at radius 3 is 2.28 bits per heavy atom. The quantitative estimate of drug-likeness (QED) is 0.718. The Kier molecular flexibility index (Phi) is 4.41. The molecule has 0 amide bonds. The second kappa shape index (κ2) is 6.52. The van der Waals surface area contributed by atoms with Crippen LogP contribution in [0.2, 0.25) is 0 Å². The Balaban J connectivity index is 1.96. The van der Waals surface area contributed by atoms with E-state index in [0.29, 0.717) is 17.2 Å². The zero-order valence-electron chi connectivity index (χ0n) is 13.7. The third-order valence-electron chi connectivity index (χ3n) is 3.60. The van der Waals surface area contributed by atoms with E-state index in [9.17, 15) is 13.2 Å². The van der Waals surface area contributed by atoms with Gasteiger partial charge in [0.15, 0.2) is 9.84 Å². The zero-order valence-corrected chi connectivity index (χ0v) is 14.5. The Labute approximate surface area is 145 Å². The fourth-order valence-corrected chi connectivity index (χ4v) is 2.93. The van der Waals surface area contributed by atoms with Crippen LogP contribution in [-0.4, -0.2) is 24.5 Å². The van der Waals surface area contributed by atoms with Crippen LogP contribution in [0.5, 0.6) is 11.5 Å². The summed E-state index contributed by atoms with van der Waals surface area (Å²) in [7, 11) is -1.67. The molecule has 0 fully saturated rings. The standard InChI is InChI=1S/C18H16N2O4S/c1-20-18(21)12-11-16(19-20)15-5-3-4-6-17(15)24-13-7-9-14(10-8-13)25(2,22)23/h3-12H,1-2H3. The molecule has 1 aromatic heterocycles. The maximum absolute atomic E-state index is 11.5. The lowest BCUT2D eigenvalue weighted by atomic mass is 10.1. The van der Waals surface area contributed by atoms with E-state index in [2.05, 4.69) is 5.10 Å². The number of ether oxygens (including phenoxy) is 1. The van der Waals surface area contributed by atoms with Crippen LogP contribution in [0, 0.1) is 0 Å². The number of hydrogen-bond donors (Lipinski definition) is 0. The fourth-order valence-electron chi connectivity index (χ4n) is 2.30. The van der Waals surface area contributed by atoms with Crippen molar-refractivity contribution in [3.63, 3.8) is 0 Å². The van der Waals surface area contributed by atoms with Gasteiger partial charge in [-0.05, 0) is 42.5 Å². The molecule has 0 N–H and O–H groups in total. The van der Waals surface area contributed by atoms with Crippen LogP contribution >= 0.6 is 0 Å². The fraction of sp³-hybridized carbons (Fsp3) is 0.111. The van der Waals surface area contributed by atoms with Gasteiger partial charge in [0.2, 0.25) is 0 Å². The SMILES string of the molecule is Cn1nc(-c2ccccc2Oc2ccc(S(C)(=O)=O)cc2)ccc1=O. The molecule has 0 aliphatic heterocycles. The number of nitrogens with zero attached hydrogens (tertiary/aromatic N) is 2. The van der Waals surface area contributed by atoms with Crippen LogP contribution in [0.4, 0.5) is 0 Å². The summed E-state index contributed by atoms with van der Waals surface area (Å²) >= 11 is 0. The van der Waals surface area contributed by atoms with Crippen LogP contribution in [0.3, 0.4) is 0 Å². The molecule has 0 saturated heterocycles. The lowest BCUT2D eigenvalue weighted by Crippen LogP contribution is -2.18. The highest BCUT2D eigenvalue weighted by Crippen LogP contribution is 2.32. The first-order chi connectivity index (χ1) is 11.8. The van der Waals surface area contributed by atoms with Crippen molar-refractivity contribution in [2.24, 2.45) is 7.05 Å². The minimum atomic E-state index is -3.25. The first-order valence-electron chi connectivity index (χ1n) is 7.46. The summed E-state index contributed by atoms with van der Waals surface area (Å²) in [6, 6.07) is 16.6. The van der Waals surface area contributed by atoms with Crippen molar-refractivity contribution in [1.29, 1.82) is 0 Å².